The zero-order valence-electron chi connectivity index (χ0n) is 24.0. The third-order valence-corrected chi connectivity index (χ3v) is 8.08. The van der Waals surface area contributed by atoms with Crippen LogP contribution in [0.1, 0.15) is 67.4 Å². The van der Waals surface area contributed by atoms with Gasteiger partial charge in [-0.05, 0) is 101 Å². The molecule has 0 bridgehead atoms. The standard InChI is InChI=1S/C31H38BrN3O3S/c1-29(2,3)20-31(7,8)34-28-27(33-26-18-13-23(32)19-35(26)28)21-9-14-24(15-10-21)38-39(36,37)25-16-11-22(12-17-25)30(4,5)6/h9-19,34H,20H2,1-8H3. The van der Waals surface area contributed by atoms with Crippen molar-refractivity contribution >= 4 is 37.5 Å². The number of hydrogen-bond acceptors (Lipinski definition) is 5. The lowest BCUT2D eigenvalue weighted by Crippen LogP contribution is -2.36. The van der Waals surface area contributed by atoms with Gasteiger partial charge in [0.15, 0.2) is 0 Å². The van der Waals surface area contributed by atoms with E-state index in [1.807, 2.05) is 47.0 Å². The van der Waals surface area contributed by atoms with E-state index >= 15 is 0 Å². The largest absolute Gasteiger partial charge is 0.379 e. The van der Waals surface area contributed by atoms with Crippen molar-refractivity contribution in [2.24, 2.45) is 5.41 Å². The van der Waals surface area contributed by atoms with E-state index in [9.17, 15) is 8.42 Å². The molecule has 4 rings (SSSR count). The summed E-state index contributed by atoms with van der Waals surface area (Å²) >= 11 is 3.58. The first-order valence-corrected chi connectivity index (χ1v) is 15.3. The summed E-state index contributed by atoms with van der Waals surface area (Å²) < 4.78 is 34.3. The van der Waals surface area contributed by atoms with Gasteiger partial charge in [0, 0.05) is 21.8 Å². The van der Waals surface area contributed by atoms with Crippen LogP contribution in [0.3, 0.4) is 0 Å². The van der Waals surface area contributed by atoms with Crippen LogP contribution in [0, 0.1) is 5.41 Å². The summed E-state index contributed by atoms with van der Waals surface area (Å²) in [5.74, 6) is 1.12. The van der Waals surface area contributed by atoms with Gasteiger partial charge in [-0.1, -0.05) is 53.7 Å². The molecule has 0 saturated carbocycles. The van der Waals surface area contributed by atoms with Crippen molar-refractivity contribution < 1.29 is 12.6 Å². The van der Waals surface area contributed by atoms with Crippen LogP contribution in [0.15, 0.2) is 76.2 Å². The number of pyridine rings is 1. The van der Waals surface area contributed by atoms with Gasteiger partial charge >= 0.3 is 10.1 Å². The van der Waals surface area contributed by atoms with Crippen LogP contribution in [0.4, 0.5) is 5.82 Å². The maximum absolute atomic E-state index is 12.9. The van der Waals surface area contributed by atoms with Crippen LogP contribution in [-0.4, -0.2) is 23.3 Å². The summed E-state index contributed by atoms with van der Waals surface area (Å²) in [6.07, 6.45) is 2.94. The van der Waals surface area contributed by atoms with Crippen LogP contribution < -0.4 is 9.50 Å². The smallest absolute Gasteiger partial charge is 0.339 e. The highest BCUT2D eigenvalue weighted by molar-refractivity contribution is 9.10. The first-order valence-electron chi connectivity index (χ1n) is 13.0. The number of anilines is 1. The van der Waals surface area contributed by atoms with Gasteiger partial charge in [-0.2, -0.15) is 8.42 Å². The molecule has 2 heterocycles. The minimum absolute atomic E-state index is 0.0668. The quantitative estimate of drug-likeness (QED) is 0.212. The van der Waals surface area contributed by atoms with E-state index in [-0.39, 0.29) is 27.0 Å². The van der Waals surface area contributed by atoms with Gasteiger partial charge < -0.3 is 9.50 Å². The molecule has 0 atom stereocenters. The lowest BCUT2D eigenvalue weighted by Gasteiger charge is -2.34. The Bertz CT molecular complexity index is 1580. The average molecular weight is 613 g/mol. The molecule has 0 amide bonds. The van der Waals surface area contributed by atoms with E-state index in [2.05, 4.69) is 76.6 Å². The third kappa shape index (κ3) is 7.03. The summed E-state index contributed by atoms with van der Waals surface area (Å²) in [6.45, 7) is 17.3. The van der Waals surface area contributed by atoms with Crippen LogP contribution in [0.25, 0.3) is 16.9 Å². The van der Waals surface area contributed by atoms with E-state index in [0.717, 1.165) is 39.2 Å². The minimum Gasteiger partial charge on any atom is -0.379 e. The van der Waals surface area contributed by atoms with Crippen molar-refractivity contribution in [3.63, 3.8) is 0 Å². The van der Waals surface area contributed by atoms with Gasteiger partial charge in [0.2, 0.25) is 0 Å². The SMILES string of the molecule is CC(C)(C)CC(C)(C)Nc1c(-c2ccc(OS(=O)(=O)c3ccc(C(C)(C)C)cc3)cc2)nc2ccc(Br)cn12. The number of fused-ring (bicyclic) bond motifs is 1. The van der Waals surface area contributed by atoms with E-state index in [4.69, 9.17) is 9.17 Å². The van der Waals surface area contributed by atoms with Crippen molar-refractivity contribution in [3.8, 4) is 17.0 Å². The lowest BCUT2D eigenvalue weighted by atomic mass is 9.82. The summed E-state index contributed by atoms with van der Waals surface area (Å²) in [7, 11) is -3.97. The fourth-order valence-electron chi connectivity index (χ4n) is 4.99. The van der Waals surface area contributed by atoms with Gasteiger partial charge in [0.1, 0.15) is 27.8 Å². The normalized spacial score (nSPS) is 13.1. The number of nitrogens with zero attached hydrogens (tertiary/aromatic N) is 2. The topological polar surface area (TPSA) is 72.7 Å². The number of halogens is 1. The van der Waals surface area contributed by atoms with Crippen molar-refractivity contribution in [1.82, 2.24) is 9.38 Å². The monoisotopic (exact) mass is 611 g/mol. The number of rotatable bonds is 7. The van der Waals surface area contributed by atoms with Crippen molar-refractivity contribution in [1.29, 1.82) is 0 Å². The molecule has 4 aromatic rings. The molecule has 0 aliphatic carbocycles. The second-order valence-corrected chi connectivity index (χ2v) is 15.4. The van der Waals surface area contributed by atoms with Gasteiger partial charge in [-0.3, -0.25) is 4.40 Å². The average Bonchev–Trinajstić information content (AvgIpc) is 3.14. The molecule has 2 aromatic heterocycles. The maximum Gasteiger partial charge on any atom is 0.339 e. The number of aromatic nitrogens is 2. The Labute approximate surface area is 241 Å². The molecule has 0 radical (unpaired) electrons. The number of imidazole rings is 1. The highest BCUT2D eigenvalue weighted by Gasteiger charge is 2.28. The molecule has 0 aliphatic rings. The molecule has 2 aromatic carbocycles. The number of benzene rings is 2. The summed E-state index contributed by atoms with van der Waals surface area (Å²) in [5.41, 5.74) is 3.36. The zero-order valence-corrected chi connectivity index (χ0v) is 26.4. The molecule has 6 nitrogen and oxygen atoms in total. The van der Waals surface area contributed by atoms with Gasteiger partial charge in [-0.15, -0.1) is 0 Å². The highest BCUT2D eigenvalue weighted by Crippen LogP contribution is 2.36. The molecule has 0 fully saturated rings. The fraction of sp³-hybridized carbons (Fsp3) is 0.387. The van der Waals surface area contributed by atoms with Crippen molar-refractivity contribution in [2.75, 3.05) is 5.32 Å². The molecule has 0 unspecified atom stereocenters. The van der Waals surface area contributed by atoms with E-state index in [1.54, 1.807) is 24.3 Å². The Balaban J connectivity index is 1.65. The van der Waals surface area contributed by atoms with Crippen LogP contribution in [0.5, 0.6) is 5.75 Å². The van der Waals surface area contributed by atoms with E-state index < -0.39 is 10.1 Å². The van der Waals surface area contributed by atoms with Crippen LogP contribution >= 0.6 is 15.9 Å². The van der Waals surface area contributed by atoms with Crippen LogP contribution in [-0.2, 0) is 15.5 Å². The van der Waals surface area contributed by atoms with E-state index in [1.165, 1.54) is 0 Å². The minimum atomic E-state index is -3.97. The second kappa shape index (κ2) is 10.3. The third-order valence-electron chi connectivity index (χ3n) is 6.35. The maximum atomic E-state index is 12.9. The molecular weight excluding hydrogens is 574 g/mol. The Morgan fingerprint density at radius 1 is 0.872 bits per heavy atom. The summed E-state index contributed by atoms with van der Waals surface area (Å²) in [4.78, 5) is 5.03. The van der Waals surface area contributed by atoms with Crippen LogP contribution in [0.2, 0.25) is 0 Å². The Morgan fingerprint density at radius 2 is 1.49 bits per heavy atom. The zero-order chi connectivity index (χ0) is 28.8. The van der Waals surface area contributed by atoms with E-state index in [0.29, 0.717) is 0 Å². The molecule has 0 aliphatic heterocycles. The predicted octanol–water partition coefficient (Wildman–Crippen LogP) is 8.46. The molecule has 208 valence electrons. The Kier molecular flexibility index (Phi) is 7.69. The molecule has 39 heavy (non-hydrogen) atoms. The van der Waals surface area contributed by atoms with Crippen molar-refractivity contribution in [3.05, 3.63) is 76.9 Å². The van der Waals surface area contributed by atoms with Gasteiger partial charge in [0.25, 0.3) is 0 Å². The first-order chi connectivity index (χ1) is 17.9. The first kappa shape index (κ1) is 29.2. The summed E-state index contributed by atoms with van der Waals surface area (Å²) in [5, 5.41) is 3.73. The summed E-state index contributed by atoms with van der Waals surface area (Å²) in [6, 6.07) is 17.8. The number of nitrogens with one attached hydrogen (secondary N) is 1. The highest BCUT2D eigenvalue weighted by atomic mass is 79.9. The fourth-order valence-corrected chi connectivity index (χ4v) is 6.26. The molecule has 0 spiro atoms. The van der Waals surface area contributed by atoms with Gasteiger partial charge in [-0.25, -0.2) is 4.98 Å². The number of hydrogen-bond donors (Lipinski definition) is 1. The van der Waals surface area contributed by atoms with Crippen molar-refractivity contribution in [2.45, 2.75) is 77.7 Å². The Hall–Kier alpha value is -2.84. The molecule has 0 saturated heterocycles. The lowest BCUT2D eigenvalue weighted by molar-refractivity contribution is 0.302. The predicted molar refractivity (Wildman–Crippen MR) is 163 cm³/mol. The molecule has 8 heteroatoms. The second-order valence-electron chi connectivity index (χ2n) is 13.0. The molecular formula is C31H38BrN3O3S. The van der Waals surface area contributed by atoms with Gasteiger partial charge in [0.05, 0.1) is 0 Å². The molecule has 1 N–H and O–H groups in total. The Morgan fingerprint density at radius 3 is 2.05 bits per heavy atom.